The van der Waals surface area contributed by atoms with Crippen LogP contribution in [0.4, 0.5) is 11.4 Å². The Balaban J connectivity index is 1.17. The lowest BCUT2D eigenvalue weighted by atomic mass is 10.1. The van der Waals surface area contributed by atoms with Gasteiger partial charge in [-0.25, -0.2) is 4.98 Å². The molecule has 0 aliphatic heterocycles. The number of carbonyl (C=O) groups is 2. The van der Waals surface area contributed by atoms with Crippen molar-refractivity contribution >= 4 is 62.6 Å². The quantitative estimate of drug-likeness (QED) is 0.164. The minimum absolute atomic E-state index is 0.130. The number of nitrogens with one attached hydrogen (secondary N) is 2. The van der Waals surface area contributed by atoms with Crippen molar-refractivity contribution in [2.75, 3.05) is 10.6 Å². The molecule has 0 spiro atoms. The SMILES string of the molecule is O=C(/C=C/c1ccccc1)Nc1ccc2nc(SCc3ccc(C(=O)Nc4ccccc4)cc3)sc2c1. The van der Waals surface area contributed by atoms with E-state index in [1.807, 2.05) is 103 Å². The summed E-state index contributed by atoms with van der Waals surface area (Å²) in [7, 11) is 0. The van der Waals surface area contributed by atoms with Crippen LogP contribution in [-0.4, -0.2) is 16.8 Å². The maximum atomic E-state index is 12.4. The fourth-order valence-electron chi connectivity index (χ4n) is 3.59. The molecule has 7 heteroatoms. The summed E-state index contributed by atoms with van der Waals surface area (Å²) in [5.74, 6) is 0.437. The van der Waals surface area contributed by atoms with Crippen LogP contribution in [0.1, 0.15) is 21.5 Å². The molecule has 0 bridgehead atoms. The standard InChI is InChI=1S/C30H23N3O2S2/c34-28(18-13-21-7-3-1-4-8-21)31-25-16-17-26-27(19-25)37-30(33-26)36-20-22-11-14-23(15-12-22)29(35)32-24-9-5-2-6-10-24/h1-19H,20H2,(H,31,34)(H,32,35)/b18-13+. The number of hydrogen-bond acceptors (Lipinski definition) is 5. The third kappa shape index (κ3) is 6.73. The van der Waals surface area contributed by atoms with Crippen LogP contribution in [0.5, 0.6) is 0 Å². The van der Waals surface area contributed by atoms with Gasteiger partial charge in [0.15, 0.2) is 4.34 Å². The second-order valence-electron chi connectivity index (χ2n) is 8.20. The Hall–Kier alpha value is -4.20. The fraction of sp³-hybridized carbons (Fsp3) is 0.0333. The summed E-state index contributed by atoms with van der Waals surface area (Å²) in [5, 5.41) is 5.81. The van der Waals surface area contributed by atoms with E-state index in [2.05, 4.69) is 10.6 Å². The van der Waals surface area contributed by atoms with Crippen LogP contribution in [-0.2, 0) is 10.5 Å². The molecular formula is C30H23N3O2S2. The number of thioether (sulfide) groups is 1. The van der Waals surface area contributed by atoms with Gasteiger partial charge in [-0.05, 0) is 59.7 Å². The topological polar surface area (TPSA) is 71.1 Å². The monoisotopic (exact) mass is 521 g/mol. The van der Waals surface area contributed by atoms with Crippen LogP contribution in [0.2, 0.25) is 0 Å². The minimum Gasteiger partial charge on any atom is -0.322 e. The van der Waals surface area contributed by atoms with Crippen LogP contribution in [0.3, 0.4) is 0 Å². The predicted octanol–water partition coefficient (Wildman–Crippen LogP) is 7.49. The van der Waals surface area contributed by atoms with E-state index in [-0.39, 0.29) is 11.8 Å². The van der Waals surface area contributed by atoms with E-state index < -0.39 is 0 Å². The fourth-order valence-corrected chi connectivity index (χ4v) is 5.65. The number of para-hydroxylation sites is 1. The molecule has 5 nitrogen and oxygen atoms in total. The molecule has 37 heavy (non-hydrogen) atoms. The maximum Gasteiger partial charge on any atom is 0.255 e. The van der Waals surface area contributed by atoms with E-state index >= 15 is 0 Å². The number of nitrogens with zero attached hydrogens (tertiary/aromatic N) is 1. The molecule has 0 radical (unpaired) electrons. The summed E-state index contributed by atoms with van der Waals surface area (Å²) in [4.78, 5) is 29.5. The zero-order valence-electron chi connectivity index (χ0n) is 19.8. The lowest BCUT2D eigenvalue weighted by molar-refractivity contribution is -0.111. The Morgan fingerprint density at radius 3 is 2.30 bits per heavy atom. The number of anilines is 2. The number of thiazole rings is 1. The van der Waals surface area contributed by atoms with Gasteiger partial charge in [0, 0.05) is 28.8 Å². The number of rotatable bonds is 8. The first-order valence-electron chi connectivity index (χ1n) is 11.7. The molecule has 5 aromatic rings. The van der Waals surface area contributed by atoms with Crippen molar-refractivity contribution in [3.05, 3.63) is 126 Å². The summed E-state index contributed by atoms with van der Waals surface area (Å²) in [6.45, 7) is 0. The van der Waals surface area contributed by atoms with Gasteiger partial charge in [-0.15, -0.1) is 11.3 Å². The molecule has 0 saturated heterocycles. The summed E-state index contributed by atoms with van der Waals surface area (Å²) in [6.07, 6.45) is 3.32. The molecule has 2 amide bonds. The molecular weight excluding hydrogens is 498 g/mol. The molecule has 4 aromatic carbocycles. The Bertz CT molecular complexity index is 1550. The van der Waals surface area contributed by atoms with E-state index in [9.17, 15) is 9.59 Å². The number of aromatic nitrogens is 1. The minimum atomic E-state index is -0.178. The van der Waals surface area contributed by atoms with Crippen LogP contribution >= 0.6 is 23.1 Å². The Morgan fingerprint density at radius 1 is 0.811 bits per heavy atom. The number of fused-ring (bicyclic) bond motifs is 1. The van der Waals surface area contributed by atoms with E-state index in [0.717, 1.165) is 42.8 Å². The molecule has 1 aromatic heterocycles. The first-order valence-corrected chi connectivity index (χ1v) is 13.5. The lowest BCUT2D eigenvalue weighted by Gasteiger charge is -2.06. The normalized spacial score (nSPS) is 11.0. The smallest absolute Gasteiger partial charge is 0.255 e. The van der Waals surface area contributed by atoms with Gasteiger partial charge < -0.3 is 10.6 Å². The van der Waals surface area contributed by atoms with Crippen LogP contribution in [0.15, 0.2) is 114 Å². The Morgan fingerprint density at radius 2 is 1.54 bits per heavy atom. The molecule has 2 N–H and O–H groups in total. The van der Waals surface area contributed by atoms with Gasteiger partial charge in [-0.1, -0.05) is 72.4 Å². The van der Waals surface area contributed by atoms with E-state index in [1.165, 1.54) is 6.08 Å². The van der Waals surface area contributed by atoms with Gasteiger partial charge in [0.2, 0.25) is 5.91 Å². The van der Waals surface area contributed by atoms with Crippen LogP contribution in [0, 0.1) is 0 Å². The highest BCUT2D eigenvalue weighted by Gasteiger charge is 2.09. The largest absolute Gasteiger partial charge is 0.322 e. The molecule has 1 heterocycles. The average molecular weight is 522 g/mol. The Kier molecular flexibility index (Phi) is 7.74. The molecule has 0 unspecified atom stereocenters. The molecule has 182 valence electrons. The van der Waals surface area contributed by atoms with Gasteiger partial charge in [0.1, 0.15) is 0 Å². The summed E-state index contributed by atoms with van der Waals surface area (Å²) >= 11 is 3.25. The number of amides is 2. The van der Waals surface area contributed by atoms with Crippen LogP contribution < -0.4 is 10.6 Å². The highest BCUT2D eigenvalue weighted by Crippen LogP contribution is 2.33. The third-order valence-electron chi connectivity index (χ3n) is 5.47. The molecule has 0 aliphatic carbocycles. The van der Waals surface area contributed by atoms with Crippen molar-refractivity contribution in [2.24, 2.45) is 0 Å². The first-order chi connectivity index (χ1) is 18.1. The average Bonchev–Trinajstić information content (AvgIpc) is 3.34. The second kappa shape index (κ2) is 11.7. The molecule has 5 rings (SSSR count). The summed E-state index contributed by atoms with van der Waals surface area (Å²) < 4.78 is 1.97. The number of carbonyl (C=O) groups excluding carboxylic acids is 2. The van der Waals surface area contributed by atoms with Gasteiger partial charge >= 0.3 is 0 Å². The zero-order chi connectivity index (χ0) is 25.5. The zero-order valence-corrected chi connectivity index (χ0v) is 21.4. The predicted molar refractivity (Wildman–Crippen MR) is 154 cm³/mol. The maximum absolute atomic E-state index is 12.4. The molecule has 0 fully saturated rings. The molecule has 0 aliphatic rings. The first kappa shape index (κ1) is 24.5. The second-order valence-corrected chi connectivity index (χ2v) is 10.5. The molecule has 0 atom stereocenters. The van der Waals surface area contributed by atoms with Crippen molar-refractivity contribution in [1.82, 2.24) is 4.98 Å². The number of hydrogen-bond donors (Lipinski definition) is 2. The summed E-state index contributed by atoms with van der Waals surface area (Å²) in [5.41, 5.74) is 5.11. The van der Waals surface area contributed by atoms with Crippen molar-refractivity contribution in [3.8, 4) is 0 Å². The van der Waals surface area contributed by atoms with Crippen molar-refractivity contribution in [3.63, 3.8) is 0 Å². The van der Waals surface area contributed by atoms with E-state index in [0.29, 0.717) is 5.56 Å². The van der Waals surface area contributed by atoms with Gasteiger partial charge in [0.05, 0.1) is 10.2 Å². The van der Waals surface area contributed by atoms with E-state index in [4.69, 9.17) is 4.98 Å². The van der Waals surface area contributed by atoms with Crippen molar-refractivity contribution in [1.29, 1.82) is 0 Å². The summed E-state index contributed by atoms with van der Waals surface area (Å²) in [6, 6.07) is 32.5. The van der Waals surface area contributed by atoms with Crippen molar-refractivity contribution < 1.29 is 9.59 Å². The van der Waals surface area contributed by atoms with Gasteiger partial charge in [0.25, 0.3) is 5.91 Å². The lowest BCUT2D eigenvalue weighted by Crippen LogP contribution is -2.11. The van der Waals surface area contributed by atoms with Gasteiger partial charge in [-0.3, -0.25) is 9.59 Å². The molecule has 0 saturated carbocycles. The third-order valence-corrected chi connectivity index (χ3v) is 7.71. The van der Waals surface area contributed by atoms with Crippen LogP contribution in [0.25, 0.3) is 16.3 Å². The van der Waals surface area contributed by atoms with E-state index in [1.54, 1.807) is 29.2 Å². The van der Waals surface area contributed by atoms with Gasteiger partial charge in [-0.2, -0.15) is 0 Å². The number of benzene rings is 4. The van der Waals surface area contributed by atoms with Crippen molar-refractivity contribution in [2.45, 2.75) is 10.1 Å². The highest BCUT2D eigenvalue weighted by molar-refractivity contribution is 8.00. The Labute approximate surface area is 223 Å². The highest BCUT2D eigenvalue weighted by atomic mass is 32.2.